The Morgan fingerprint density at radius 3 is 2.38 bits per heavy atom. The Labute approximate surface area is 97.9 Å². The molecule has 3 N–H and O–H groups in total. The van der Waals surface area contributed by atoms with Gasteiger partial charge in [0.25, 0.3) is 5.91 Å². The fraction of sp³-hybridized carbons (Fsp3) is 0.917. The number of rotatable bonds is 5. The summed E-state index contributed by atoms with van der Waals surface area (Å²) < 4.78 is 5.21. The third-order valence-electron chi connectivity index (χ3n) is 3.33. The maximum atomic E-state index is 12.0. The Hall–Kier alpha value is -0.610. The summed E-state index contributed by atoms with van der Waals surface area (Å²) in [6.45, 7) is 4.00. The molecule has 16 heavy (non-hydrogen) atoms. The highest BCUT2D eigenvalue weighted by molar-refractivity contribution is 5.81. The van der Waals surface area contributed by atoms with E-state index in [2.05, 4.69) is 5.32 Å². The van der Waals surface area contributed by atoms with Gasteiger partial charge >= 0.3 is 0 Å². The van der Waals surface area contributed by atoms with E-state index in [1.165, 1.54) is 12.8 Å². The summed E-state index contributed by atoms with van der Waals surface area (Å²) >= 11 is 0. The van der Waals surface area contributed by atoms with Gasteiger partial charge in [0.2, 0.25) is 0 Å². The molecule has 0 bridgehead atoms. The van der Waals surface area contributed by atoms with Gasteiger partial charge < -0.3 is 15.8 Å². The van der Waals surface area contributed by atoms with Crippen LogP contribution in [-0.4, -0.2) is 31.2 Å². The number of carbonyl (C=O) groups excluding carboxylic acids is 1. The topological polar surface area (TPSA) is 64.3 Å². The van der Waals surface area contributed by atoms with Crippen LogP contribution in [-0.2, 0) is 9.53 Å². The van der Waals surface area contributed by atoms with Gasteiger partial charge in [0.15, 0.2) is 6.10 Å². The molecule has 0 aromatic rings. The molecule has 4 nitrogen and oxygen atoms in total. The molecule has 4 heteroatoms. The molecule has 1 aliphatic carbocycles. The number of nitrogens with one attached hydrogen (secondary N) is 1. The van der Waals surface area contributed by atoms with Crippen molar-refractivity contribution in [1.29, 1.82) is 0 Å². The molecule has 0 heterocycles. The highest BCUT2D eigenvalue weighted by Gasteiger charge is 2.29. The molecule has 1 unspecified atom stereocenters. The van der Waals surface area contributed by atoms with Crippen molar-refractivity contribution in [1.82, 2.24) is 5.32 Å². The van der Waals surface area contributed by atoms with Crippen molar-refractivity contribution in [2.24, 2.45) is 11.7 Å². The van der Waals surface area contributed by atoms with E-state index < -0.39 is 6.10 Å². The monoisotopic (exact) mass is 228 g/mol. The predicted octanol–water partition coefficient (Wildman–Crippen LogP) is 1.04. The van der Waals surface area contributed by atoms with Crippen LogP contribution in [0.5, 0.6) is 0 Å². The van der Waals surface area contributed by atoms with Gasteiger partial charge in [-0.2, -0.15) is 0 Å². The van der Waals surface area contributed by atoms with Crippen molar-refractivity contribution in [3.8, 4) is 0 Å². The summed E-state index contributed by atoms with van der Waals surface area (Å²) in [4.78, 5) is 12.0. The van der Waals surface area contributed by atoms with Crippen molar-refractivity contribution in [3.05, 3.63) is 0 Å². The quantitative estimate of drug-likeness (QED) is 0.739. The minimum Gasteiger partial charge on any atom is -0.370 e. The number of methoxy groups -OCH3 is 1. The van der Waals surface area contributed by atoms with E-state index in [0.29, 0.717) is 6.04 Å². The first kappa shape index (κ1) is 13.5. The lowest BCUT2D eigenvalue weighted by Crippen LogP contribution is -2.51. The van der Waals surface area contributed by atoms with E-state index in [-0.39, 0.29) is 17.9 Å². The van der Waals surface area contributed by atoms with Crippen molar-refractivity contribution in [3.63, 3.8) is 0 Å². The fourth-order valence-electron chi connectivity index (χ4n) is 2.14. The van der Waals surface area contributed by atoms with Crippen LogP contribution in [0.15, 0.2) is 0 Å². The minimum absolute atomic E-state index is 0.0596. The van der Waals surface area contributed by atoms with Gasteiger partial charge in [-0.3, -0.25) is 4.79 Å². The predicted molar refractivity (Wildman–Crippen MR) is 64.0 cm³/mol. The molecule has 1 amide bonds. The number of hydrogen-bond acceptors (Lipinski definition) is 3. The van der Waals surface area contributed by atoms with Gasteiger partial charge in [-0.15, -0.1) is 0 Å². The highest BCUT2D eigenvalue weighted by Crippen LogP contribution is 2.18. The smallest absolute Gasteiger partial charge is 0.250 e. The Balaban J connectivity index is 2.48. The Kier molecular flexibility index (Phi) is 5.22. The number of carbonyl (C=O) groups is 1. The summed E-state index contributed by atoms with van der Waals surface area (Å²) in [6, 6.07) is 0.0796. The normalized spacial score (nSPS) is 21.1. The van der Waals surface area contributed by atoms with Crippen LogP contribution in [0.2, 0.25) is 0 Å². The summed E-state index contributed by atoms with van der Waals surface area (Å²) in [5, 5.41) is 3.02. The average molecular weight is 228 g/mol. The van der Waals surface area contributed by atoms with Crippen LogP contribution >= 0.6 is 0 Å². The molecule has 94 valence electrons. The standard InChI is InChI=1S/C12H24N2O2/c1-8(2)10(13)11(16-3)12(15)14-9-6-4-5-7-9/h8-11H,4-7,13H2,1-3H3,(H,14,15)/t10-,11?/m0/s1. The van der Waals surface area contributed by atoms with Crippen molar-refractivity contribution in [2.45, 2.75) is 57.7 Å². The lowest BCUT2D eigenvalue weighted by Gasteiger charge is -2.26. The second kappa shape index (κ2) is 6.21. The largest absolute Gasteiger partial charge is 0.370 e. The molecule has 0 aliphatic heterocycles. The van der Waals surface area contributed by atoms with Crippen LogP contribution in [0.4, 0.5) is 0 Å². The summed E-state index contributed by atoms with van der Waals surface area (Å²) in [5.41, 5.74) is 5.96. The Morgan fingerprint density at radius 2 is 1.94 bits per heavy atom. The maximum absolute atomic E-state index is 12.0. The van der Waals surface area contributed by atoms with Gasteiger partial charge in [0.1, 0.15) is 0 Å². The number of hydrogen-bond donors (Lipinski definition) is 2. The van der Waals surface area contributed by atoms with Crippen molar-refractivity contribution >= 4 is 5.91 Å². The highest BCUT2D eigenvalue weighted by atomic mass is 16.5. The van der Waals surface area contributed by atoms with E-state index in [9.17, 15) is 4.79 Å². The van der Waals surface area contributed by atoms with Crippen molar-refractivity contribution < 1.29 is 9.53 Å². The molecule has 0 radical (unpaired) electrons. The van der Waals surface area contributed by atoms with Gasteiger partial charge in [-0.1, -0.05) is 26.7 Å². The summed E-state index contributed by atoms with van der Waals surface area (Å²) in [7, 11) is 1.54. The first-order chi connectivity index (χ1) is 7.56. The second-order valence-electron chi connectivity index (χ2n) is 4.97. The second-order valence-corrected chi connectivity index (χ2v) is 4.97. The molecule has 0 aromatic heterocycles. The molecular formula is C12H24N2O2. The first-order valence-electron chi connectivity index (χ1n) is 6.15. The van der Waals surface area contributed by atoms with Crippen molar-refractivity contribution in [2.75, 3.05) is 7.11 Å². The third kappa shape index (κ3) is 3.46. The van der Waals surface area contributed by atoms with Gasteiger partial charge in [0, 0.05) is 19.2 Å². The van der Waals surface area contributed by atoms with E-state index >= 15 is 0 Å². The lowest BCUT2D eigenvalue weighted by atomic mass is 9.98. The lowest BCUT2D eigenvalue weighted by molar-refractivity contribution is -0.133. The van der Waals surface area contributed by atoms with Crippen LogP contribution in [0.3, 0.4) is 0 Å². The zero-order chi connectivity index (χ0) is 12.1. The molecule has 1 aliphatic rings. The molecule has 1 fully saturated rings. The Morgan fingerprint density at radius 1 is 1.38 bits per heavy atom. The summed E-state index contributed by atoms with van der Waals surface area (Å²) in [5.74, 6) is 0.176. The number of ether oxygens (including phenoxy) is 1. The number of nitrogens with two attached hydrogens (primary N) is 1. The molecule has 0 saturated heterocycles. The van der Waals surface area contributed by atoms with Gasteiger partial charge in [-0.25, -0.2) is 0 Å². The molecule has 1 saturated carbocycles. The van der Waals surface area contributed by atoms with E-state index in [0.717, 1.165) is 12.8 Å². The fourth-order valence-corrected chi connectivity index (χ4v) is 2.14. The van der Waals surface area contributed by atoms with Gasteiger partial charge in [0.05, 0.1) is 0 Å². The van der Waals surface area contributed by atoms with E-state index in [4.69, 9.17) is 10.5 Å². The molecule has 0 aromatic carbocycles. The first-order valence-corrected chi connectivity index (χ1v) is 6.15. The number of amides is 1. The Bertz CT molecular complexity index is 225. The minimum atomic E-state index is -0.527. The van der Waals surface area contributed by atoms with Crippen LogP contribution in [0, 0.1) is 5.92 Å². The van der Waals surface area contributed by atoms with E-state index in [1.807, 2.05) is 13.8 Å². The molecule has 1 rings (SSSR count). The molecular weight excluding hydrogens is 204 g/mol. The zero-order valence-corrected chi connectivity index (χ0v) is 10.5. The van der Waals surface area contributed by atoms with Crippen LogP contribution in [0.1, 0.15) is 39.5 Å². The van der Waals surface area contributed by atoms with Gasteiger partial charge in [-0.05, 0) is 18.8 Å². The van der Waals surface area contributed by atoms with Crippen LogP contribution in [0.25, 0.3) is 0 Å². The molecule has 0 spiro atoms. The maximum Gasteiger partial charge on any atom is 0.250 e. The van der Waals surface area contributed by atoms with E-state index in [1.54, 1.807) is 7.11 Å². The third-order valence-corrected chi connectivity index (χ3v) is 3.33. The zero-order valence-electron chi connectivity index (χ0n) is 10.5. The summed E-state index contributed by atoms with van der Waals surface area (Å²) in [6.07, 6.45) is 4.05. The van der Waals surface area contributed by atoms with Crippen LogP contribution < -0.4 is 11.1 Å². The average Bonchev–Trinajstić information content (AvgIpc) is 2.71. The molecule has 2 atom stereocenters. The SMILES string of the molecule is COC(C(=O)NC1CCCC1)[C@@H](N)C(C)C.